The largest absolute Gasteiger partial charge is 0.313 e. The van der Waals surface area contributed by atoms with Gasteiger partial charge in [-0.2, -0.15) is 0 Å². The van der Waals surface area contributed by atoms with Crippen LogP contribution in [0.25, 0.3) is 0 Å². The molecule has 1 fully saturated rings. The first kappa shape index (κ1) is 12.6. The summed E-state index contributed by atoms with van der Waals surface area (Å²) in [6.45, 7) is 1.83. The van der Waals surface area contributed by atoms with Gasteiger partial charge in [-0.1, -0.05) is 43.9 Å². The third-order valence-corrected chi connectivity index (χ3v) is 3.99. The highest BCUT2D eigenvalue weighted by Gasteiger charge is 2.22. The summed E-state index contributed by atoms with van der Waals surface area (Å²) in [5.74, 6) is 0.734. The van der Waals surface area contributed by atoms with Crippen LogP contribution in [0.2, 0.25) is 0 Å². The Kier molecular flexibility index (Phi) is 4.16. The van der Waals surface area contributed by atoms with E-state index in [4.69, 9.17) is 0 Å². The Balaban J connectivity index is 2.13. The zero-order chi connectivity index (χ0) is 12.3. The second-order valence-electron chi connectivity index (χ2n) is 5.21. The minimum absolute atomic E-state index is 0.0372. The van der Waals surface area contributed by atoms with Crippen LogP contribution in [-0.4, -0.2) is 7.05 Å². The predicted octanol–water partition coefficient (Wildman–Crippen LogP) is 3.97. The van der Waals surface area contributed by atoms with E-state index in [1.54, 1.807) is 0 Å². The number of rotatable bonds is 4. The monoisotopic (exact) mass is 235 g/mol. The van der Waals surface area contributed by atoms with E-state index >= 15 is 0 Å². The number of nitrogens with one attached hydrogen (secondary N) is 1. The molecule has 1 atom stereocenters. The second kappa shape index (κ2) is 5.63. The molecule has 0 bridgehead atoms. The van der Waals surface area contributed by atoms with Crippen molar-refractivity contribution in [2.45, 2.75) is 45.1 Å². The third kappa shape index (κ3) is 2.86. The van der Waals surface area contributed by atoms with Crippen LogP contribution in [0.5, 0.6) is 0 Å². The van der Waals surface area contributed by atoms with E-state index in [1.807, 2.05) is 32.2 Å². The molecule has 0 aromatic heterocycles. The van der Waals surface area contributed by atoms with E-state index in [0.717, 1.165) is 23.5 Å². The molecule has 0 amide bonds. The van der Waals surface area contributed by atoms with Crippen molar-refractivity contribution in [1.29, 1.82) is 0 Å². The fourth-order valence-electron chi connectivity index (χ4n) is 2.92. The van der Waals surface area contributed by atoms with Gasteiger partial charge >= 0.3 is 0 Å². The summed E-state index contributed by atoms with van der Waals surface area (Å²) in [7, 11) is 1.93. The summed E-state index contributed by atoms with van der Waals surface area (Å²) in [5, 5.41) is 3.27. The van der Waals surface area contributed by atoms with Crippen molar-refractivity contribution >= 4 is 0 Å². The van der Waals surface area contributed by atoms with Crippen LogP contribution < -0.4 is 5.32 Å². The number of aryl methyl sites for hydroxylation is 1. The van der Waals surface area contributed by atoms with Gasteiger partial charge in [0.15, 0.2) is 0 Å². The highest BCUT2D eigenvalue weighted by Crippen LogP contribution is 2.33. The maximum Gasteiger partial charge on any atom is 0.130 e. The van der Waals surface area contributed by atoms with Crippen LogP contribution in [0.3, 0.4) is 0 Å². The summed E-state index contributed by atoms with van der Waals surface area (Å²) in [6.07, 6.45) is 6.38. The Morgan fingerprint density at radius 1 is 1.35 bits per heavy atom. The smallest absolute Gasteiger partial charge is 0.130 e. The molecule has 0 radical (unpaired) electrons. The molecule has 1 unspecified atom stereocenters. The molecular formula is C15H22FN. The first-order chi connectivity index (χ1) is 8.22. The molecule has 1 aromatic carbocycles. The molecule has 17 heavy (non-hydrogen) atoms. The fourth-order valence-corrected chi connectivity index (χ4v) is 2.92. The van der Waals surface area contributed by atoms with Crippen molar-refractivity contribution in [2.24, 2.45) is 5.92 Å². The van der Waals surface area contributed by atoms with E-state index in [-0.39, 0.29) is 11.9 Å². The quantitative estimate of drug-likeness (QED) is 0.832. The Bertz CT molecular complexity index is 369. The summed E-state index contributed by atoms with van der Waals surface area (Å²) in [5.41, 5.74) is 1.58. The Morgan fingerprint density at radius 3 is 2.71 bits per heavy atom. The molecule has 1 aromatic rings. The topological polar surface area (TPSA) is 12.0 Å². The van der Waals surface area contributed by atoms with E-state index in [9.17, 15) is 4.39 Å². The van der Waals surface area contributed by atoms with Crippen molar-refractivity contribution in [3.63, 3.8) is 0 Å². The lowest BCUT2D eigenvalue weighted by Gasteiger charge is -2.21. The summed E-state index contributed by atoms with van der Waals surface area (Å²) in [4.78, 5) is 0. The number of hydrogen-bond donors (Lipinski definition) is 1. The Labute approximate surface area is 103 Å². The van der Waals surface area contributed by atoms with Crippen molar-refractivity contribution < 1.29 is 4.39 Å². The average molecular weight is 235 g/mol. The molecule has 1 nitrogen and oxygen atoms in total. The SMILES string of the molecule is CNC(CC1CCCC1)c1cccc(C)c1F. The van der Waals surface area contributed by atoms with E-state index < -0.39 is 0 Å². The maximum absolute atomic E-state index is 14.1. The average Bonchev–Trinajstić information content (AvgIpc) is 2.83. The van der Waals surface area contributed by atoms with Gasteiger partial charge in [0.1, 0.15) is 5.82 Å². The zero-order valence-electron chi connectivity index (χ0n) is 10.8. The minimum Gasteiger partial charge on any atom is -0.313 e. The molecule has 2 heteroatoms. The van der Waals surface area contributed by atoms with Gasteiger partial charge in [0.05, 0.1) is 0 Å². The van der Waals surface area contributed by atoms with Crippen LogP contribution in [0.4, 0.5) is 4.39 Å². The van der Waals surface area contributed by atoms with Crippen LogP contribution in [0.1, 0.15) is 49.3 Å². The zero-order valence-corrected chi connectivity index (χ0v) is 10.8. The van der Waals surface area contributed by atoms with Gasteiger partial charge in [0.25, 0.3) is 0 Å². The Morgan fingerprint density at radius 2 is 2.06 bits per heavy atom. The molecule has 2 rings (SSSR count). The Hall–Kier alpha value is -0.890. The van der Waals surface area contributed by atoms with E-state index in [2.05, 4.69) is 5.32 Å². The molecule has 1 aliphatic rings. The lowest BCUT2D eigenvalue weighted by molar-refractivity contribution is 0.402. The molecule has 0 heterocycles. The van der Waals surface area contributed by atoms with Gasteiger partial charge in [-0.05, 0) is 31.9 Å². The molecule has 1 saturated carbocycles. The van der Waals surface area contributed by atoms with Gasteiger partial charge in [-0.15, -0.1) is 0 Å². The molecule has 0 saturated heterocycles. The van der Waals surface area contributed by atoms with Crippen LogP contribution in [0.15, 0.2) is 18.2 Å². The van der Waals surface area contributed by atoms with Crippen molar-refractivity contribution in [2.75, 3.05) is 7.05 Å². The molecule has 0 spiro atoms. The summed E-state index contributed by atoms with van der Waals surface area (Å²) >= 11 is 0. The summed E-state index contributed by atoms with van der Waals surface area (Å²) in [6, 6.07) is 5.87. The first-order valence-electron chi connectivity index (χ1n) is 6.64. The van der Waals surface area contributed by atoms with Gasteiger partial charge in [0, 0.05) is 11.6 Å². The number of benzene rings is 1. The van der Waals surface area contributed by atoms with Gasteiger partial charge in [-0.25, -0.2) is 4.39 Å². The number of halogens is 1. The van der Waals surface area contributed by atoms with Crippen molar-refractivity contribution in [3.8, 4) is 0 Å². The van der Waals surface area contributed by atoms with Crippen LogP contribution in [-0.2, 0) is 0 Å². The maximum atomic E-state index is 14.1. The lowest BCUT2D eigenvalue weighted by atomic mass is 9.92. The van der Waals surface area contributed by atoms with E-state index in [1.165, 1.54) is 25.7 Å². The van der Waals surface area contributed by atoms with Crippen molar-refractivity contribution in [1.82, 2.24) is 5.32 Å². The van der Waals surface area contributed by atoms with Crippen LogP contribution >= 0.6 is 0 Å². The normalized spacial score (nSPS) is 18.5. The van der Waals surface area contributed by atoms with Gasteiger partial charge in [-0.3, -0.25) is 0 Å². The van der Waals surface area contributed by atoms with Crippen molar-refractivity contribution in [3.05, 3.63) is 35.1 Å². The highest BCUT2D eigenvalue weighted by atomic mass is 19.1. The first-order valence-corrected chi connectivity index (χ1v) is 6.64. The standard InChI is InChI=1S/C15H22FN/c1-11-6-5-9-13(15(11)16)14(17-2)10-12-7-3-4-8-12/h5-6,9,12,14,17H,3-4,7-8,10H2,1-2H3. The molecule has 1 N–H and O–H groups in total. The van der Waals surface area contributed by atoms with E-state index in [0.29, 0.717) is 0 Å². The van der Waals surface area contributed by atoms with Crippen LogP contribution in [0, 0.1) is 18.7 Å². The molecule has 94 valence electrons. The van der Waals surface area contributed by atoms with Gasteiger partial charge < -0.3 is 5.32 Å². The van der Waals surface area contributed by atoms with Gasteiger partial charge in [0.2, 0.25) is 0 Å². The lowest BCUT2D eigenvalue weighted by Crippen LogP contribution is -2.20. The second-order valence-corrected chi connectivity index (χ2v) is 5.21. The predicted molar refractivity (Wildman–Crippen MR) is 69.5 cm³/mol. The highest BCUT2D eigenvalue weighted by molar-refractivity contribution is 5.27. The minimum atomic E-state index is -0.0372. The summed E-state index contributed by atoms with van der Waals surface area (Å²) < 4.78 is 14.1. The molecule has 1 aliphatic carbocycles. The number of hydrogen-bond acceptors (Lipinski definition) is 1. The fraction of sp³-hybridized carbons (Fsp3) is 0.600. The third-order valence-electron chi connectivity index (χ3n) is 3.99. The molecular weight excluding hydrogens is 213 g/mol. The molecule has 0 aliphatic heterocycles.